The summed E-state index contributed by atoms with van der Waals surface area (Å²) in [6.07, 6.45) is 10.6. The van der Waals surface area contributed by atoms with E-state index >= 15 is 0 Å². The van der Waals surface area contributed by atoms with Gasteiger partial charge in [0.2, 0.25) is 0 Å². The van der Waals surface area contributed by atoms with E-state index in [2.05, 4.69) is 0 Å². The summed E-state index contributed by atoms with van der Waals surface area (Å²) in [6, 6.07) is 3.05. The molecule has 1 aromatic rings. The average Bonchev–Trinajstić information content (AvgIpc) is 2.84. The predicted molar refractivity (Wildman–Crippen MR) is 65.2 cm³/mol. The van der Waals surface area contributed by atoms with E-state index in [0.717, 1.165) is 0 Å². The number of hydrogen-bond acceptors (Lipinski definition) is 2. The monoisotopic (exact) mass is 208 g/mol. The summed E-state index contributed by atoms with van der Waals surface area (Å²) in [5, 5.41) is 1.19. The first-order chi connectivity index (χ1) is 7.75. The summed E-state index contributed by atoms with van der Waals surface area (Å²) in [4.78, 5) is 23.8. The molecule has 76 valence electrons. The molecule has 0 unspecified atom stereocenters. The van der Waals surface area contributed by atoms with E-state index in [1.165, 1.54) is 12.1 Å². The van der Waals surface area contributed by atoms with Gasteiger partial charge in [0, 0.05) is 10.4 Å². The molecule has 3 rings (SSSR count). The molecule has 0 saturated carbocycles. The highest BCUT2D eigenvalue weighted by atomic mass is 16.1. The smallest absolute Gasteiger partial charge is 0.187 e. The maximum Gasteiger partial charge on any atom is 0.187 e. The molecule has 0 fully saturated rings. The first-order valence-corrected chi connectivity index (χ1v) is 5.05. The lowest BCUT2D eigenvalue weighted by atomic mass is 10.1. The van der Waals surface area contributed by atoms with Crippen LogP contribution in [0.5, 0.6) is 0 Å². The van der Waals surface area contributed by atoms with Gasteiger partial charge in [-0.1, -0.05) is 36.5 Å². The second-order valence-electron chi connectivity index (χ2n) is 3.81. The summed E-state index contributed by atoms with van der Waals surface area (Å²) in [5.74, 6) is 0. The van der Waals surface area contributed by atoms with Crippen molar-refractivity contribution >= 4 is 24.3 Å². The fourth-order valence-corrected chi connectivity index (χ4v) is 2.01. The van der Waals surface area contributed by atoms with E-state index in [1.54, 1.807) is 36.5 Å². The summed E-state index contributed by atoms with van der Waals surface area (Å²) in [7, 11) is 0. The molecular weight excluding hydrogens is 200 g/mol. The predicted octanol–water partition coefficient (Wildman–Crippen LogP) is 0.0216. The van der Waals surface area contributed by atoms with E-state index in [-0.39, 0.29) is 10.9 Å². The Morgan fingerprint density at radius 2 is 1.12 bits per heavy atom. The van der Waals surface area contributed by atoms with Gasteiger partial charge in [0.05, 0.1) is 0 Å². The second kappa shape index (κ2) is 3.14. The SMILES string of the molecule is O=c1cc2c(c(=O)cc3c1=CC=C3)=CC=C2. The van der Waals surface area contributed by atoms with Crippen molar-refractivity contribution in [2.24, 2.45) is 0 Å². The fourth-order valence-electron chi connectivity index (χ4n) is 2.01. The van der Waals surface area contributed by atoms with Crippen LogP contribution < -0.4 is 21.3 Å². The molecule has 2 aliphatic rings. The standard InChI is InChI=1S/C14H8O2/c15-13-8-10-4-2-6-12(10)14(16)7-9-3-1-5-11(9)13/h1-8H. The highest BCUT2D eigenvalue weighted by Crippen LogP contribution is 1.99. The lowest BCUT2D eigenvalue weighted by Crippen LogP contribution is -2.30. The zero-order chi connectivity index (χ0) is 11.1. The minimum absolute atomic E-state index is 0.0452. The van der Waals surface area contributed by atoms with Gasteiger partial charge in [-0.3, -0.25) is 9.59 Å². The van der Waals surface area contributed by atoms with Crippen LogP contribution in [0.4, 0.5) is 0 Å². The Balaban J connectivity index is 2.63. The largest absolute Gasteiger partial charge is 0.289 e. The van der Waals surface area contributed by atoms with Crippen molar-refractivity contribution in [2.75, 3.05) is 0 Å². The number of hydrogen-bond donors (Lipinski definition) is 0. The Bertz CT molecular complexity index is 712. The third kappa shape index (κ3) is 1.20. The molecule has 0 bridgehead atoms. The molecule has 0 atom stereocenters. The van der Waals surface area contributed by atoms with Crippen molar-refractivity contribution in [2.45, 2.75) is 0 Å². The van der Waals surface area contributed by atoms with Crippen LogP contribution >= 0.6 is 0 Å². The van der Waals surface area contributed by atoms with Gasteiger partial charge in [0.15, 0.2) is 10.9 Å². The topological polar surface area (TPSA) is 34.1 Å². The van der Waals surface area contributed by atoms with Crippen molar-refractivity contribution in [1.29, 1.82) is 0 Å². The minimum Gasteiger partial charge on any atom is -0.289 e. The molecule has 2 heteroatoms. The number of rotatable bonds is 0. The minimum atomic E-state index is -0.0452. The molecular formula is C14H8O2. The first-order valence-electron chi connectivity index (χ1n) is 5.05. The summed E-state index contributed by atoms with van der Waals surface area (Å²) in [5.41, 5.74) is 1.32. The van der Waals surface area contributed by atoms with Crippen molar-refractivity contribution in [3.8, 4) is 0 Å². The molecule has 0 spiro atoms. The Morgan fingerprint density at radius 1 is 0.688 bits per heavy atom. The Hall–Kier alpha value is -2.22. The highest BCUT2D eigenvalue weighted by Gasteiger charge is 2.04. The zero-order valence-electron chi connectivity index (χ0n) is 8.44. The maximum atomic E-state index is 11.9. The summed E-state index contributed by atoms with van der Waals surface area (Å²) < 4.78 is 0. The maximum absolute atomic E-state index is 11.9. The fraction of sp³-hybridized carbons (Fsp3) is 0. The van der Waals surface area contributed by atoms with Gasteiger partial charge >= 0.3 is 0 Å². The third-order valence-corrected chi connectivity index (χ3v) is 2.80. The van der Waals surface area contributed by atoms with Crippen molar-refractivity contribution in [3.05, 3.63) is 66.3 Å². The van der Waals surface area contributed by atoms with Crippen LogP contribution in [0.25, 0.3) is 24.3 Å². The average molecular weight is 208 g/mol. The van der Waals surface area contributed by atoms with E-state index in [0.29, 0.717) is 21.6 Å². The first kappa shape index (κ1) is 9.04. The molecule has 1 aromatic carbocycles. The Kier molecular flexibility index (Phi) is 1.77. The lowest BCUT2D eigenvalue weighted by molar-refractivity contribution is 1.43. The van der Waals surface area contributed by atoms with Gasteiger partial charge in [-0.25, -0.2) is 0 Å². The summed E-state index contributed by atoms with van der Waals surface area (Å²) >= 11 is 0. The molecule has 0 radical (unpaired) electrons. The molecule has 0 heterocycles. The molecule has 2 nitrogen and oxygen atoms in total. The highest BCUT2D eigenvalue weighted by molar-refractivity contribution is 5.69. The van der Waals surface area contributed by atoms with E-state index in [4.69, 9.17) is 0 Å². The normalized spacial score (nSPS) is 14.0. The third-order valence-electron chi connectivity index (χ3n) is 2.80. The molecule has 0 amide bonds. The van der Waals surface area contributed by atoms with Crippen LogP contribution in [0.15, 0.2) is 33.9 Å². The Labute approximate surface area is 91.2 Å². The summed E-state index contributed by atoms with van der Waals surface area (Å²) in [6.45, 7) is 0. The lowest BCUT2D eigenvalue weighted by Gasteiger charge is -1.89. The van der Waals surface area contributed by atoms with Gasteiger partial charge < -0.3 is 0 Å². The van der Waals surface area contributed by atoms with Gasteiger partial charge in [-0.2, -0.15) is 0 Å². The van der Waals surface area contributed by atoms with Gasteiger partial charge in [0.25, 0.3) is 0 Å². The molecule has 0 N–H and O–H groups in total. The number of fused-ring (bicyclic) bond motifs is 2. The Morgan fingerprint density at radius 3 is 1.56 bits per heavy atom. The van der Waals surface area contributed by atoms with E-state index < -0.39 is 0 Å². The molecule has 0 aliphatic heterocycles. The van der Waals surface area contributed by atoms with Crippen LogP contribution in [-0.4, -0.2) is 0 Å². The van der Waals surface area contributed by atoms with Gasteiger partial charge in [-0.15, -0.1) is 0 Å². The van der Waals surface area contributed by atoms with E-state index in [1.807, 2.05) is 0 Å². The molecule has 0 aromatic heterocycles. The van der Waals surface area contributed by atoms with Crippen LogP contribution in [0.3, 0.4) is 0 Å². The molecule has 0 saturated heterocycles. The molecule has 16 heavy (non-hydrogen) atoms. The quantitative estimate of drug-likeness (QED) is 0.602. The van der Waals surface area contributed by atoms with Crippen molar-refractivity contribution in [3.63, 3.8) is 0 Å². The van der Waals surface area contributed by atoms with Gasteiger partial charge in [0.1, 0.15) is 0 Å². The van der Waals surface area contributed by atoms with Crippen LogP contribution in [-0.2, 0) is 0 Å². The van der Waals surface area contributed by atoms with Crippen LogP contribution in [0.1, 0.15) is 11.1 Å². The van der Waals surface area contributed by atoms with Crippen molar-refractivity contribution in [1.82, 2.24) is 0 Å². The van der Waals surface area contributed by atoms with Crippen LogP contribution in [0.2, 0.25) is 0 Å². The van der Waals surface area contributed by atoms with Crippen molar-refractivity contribution < 1.29 is 0 Å². The van der Waals surface area contributed by atoms with Crippen LogP contribution in [0, 0.1) is 0 Å². The van der Waals surface area contributed by atoms with E-state index in [9.17, 15) is 9.59 Å². The second-order valence-corrected chi connectivity index (χ2v) is 3.81. The number of allylic oxidation sites excluding steroid dienone is 2. The molecule has 2 aliphatic carbocycles. The van der Waals surface area contributed by atoms with Gasteiger partial charge in [-0.05, 0) is 23.3 Å². The zero-order valence-corrected chi connectivity index (χ0v) is 8.44.